The molecular formula is C41H82NO8P. The topological polar surface area (TPSA) is 111 Å². The first-order valence-corrected chi connectivity index (χ1v) is 22.7. The third-order valence-corrected chi connectivity index (χ3v) is 10.3. The molecule has 0 N–H and O–H groups in total. The molecule has 0 heterocycles. The maximum atomic E-state index is 12.6. The number of carbonyl (C=O) groups excluding carboxylic acids is 2. The number of ether oxygens (including phenoxy) is 2. The van der Waals surface area contributed by atoms with Crippen molar-refractivity contribution in [1.82, 2.24) is 0 Å². The first kappa shape index (κ1) is 50.0. The van der Waals surface area contributed by atoms with E-state index in [4.69, 9.17) is 18.5 Å². The van der Waals surface area contributed by atoms with E-state index in [1.165, 1.54) is 135 Å². The fourth-order valence-electron chi connectivity index (χ4n) is 6.01. The van der Waals surface area contributed by atoms with Crippen LogP contribution in [-0.4, -0.2) is 70.0 Å². The summed E-state index contributed by atoms with van der Waals surface area (Å²) < 4.78 is 33.8. The Hall–Kier alpha value is -0.990. The summed E-state index contributed by atoms with van der Waals surface area (Å²) >= 11 is 0. The minimum Gasteiger partial charge on any atom is -0.756 e. The van der Waals surface area contributed by atoms with Crippen molar-refractivity contribution in [2.24, 2.45) is 0 Å². The second kappa shape index (κ2) is 34.8. The summed E-state index contributed by atoms with van der Waals surface area (Å²) in [6.45, 7) is 4.24. The van der Waals surface area contributed by atoms with E-state index in [-0.39, 0.29) is 32.0 Å². The lowest BCUT2D eigenvalue weighted by atomic mass is 10.0. The van der Waals surface area contributed by atoms with Crippen LogP contribution in [0.1, 0.15) is 200 Å². The quantitative estimate of drug-likeness (QED) is 0.0264. The van der Waals surface area contributed by atoms with Crippen molar-refractivity contribution >= 4 is 19.8 Å². The van der Waals surface area contributed by atoms with Crippen molar-refractivity contribution in [1.29, 1.82) is 0 Å². The number of likely N-dealkylation sites (N-methyl/N-ethyl adjacent to an activating group) is 1. The van der Waals surface area contributed by atoms with Crippen molar-refractivity contribution in [2.75, 3.05) is 47.5 Å². The first-order valence-electron chi connectivity index (χ1n) is 21.2. The largest absolute Gasteiger partial charge is 0.756 e. The lowest BCUT2D eigenvalue weighted by Gasteiger charge is -2.28. The van der Waals surface area contributed by atoms with Gasteiger partial charge in [0.25, 0.3) is 7.82 Å². The van der Waals surface area contributed by atoms with Gasteiger partial charge in [0.1, 0.15) is 19.8 Å². The van der Waals surface area contributed by atoms with Crippen molar-refractivity contribution in [2.45, 2.75) is 206 Å². The molecule has 9 nitrogen and oxygen atoms in total. The Morgan fingerprint density at radius 2 is 0.882 bits per heavy atom. The molecule has 0 aromatic heterocycles. The minimum atomic E-state index is -4.61. The van der Waals surface area contributed by atoms with Crippen molar-refractivity contribution < 1.29 is 42.1 Å². The standard InChI is InChI=1S/C41H82NO8P/c1-6-8-10-12-14-16-18-19-20-21-22-23-24-26-28-30-32-34-41(44)50-39(38-49-51(45,46)48-36-35-42(3,4)5)37-47-40(43)33-31-29-27-25-17-15-13-11-9-7-2/h39H,6-38H2,1-5H3/t39-/m1/s1. The molecule has 0 fully saturated rings. The fourth-order valence-corrected chi connectivity index (χ4v) is 6.74. The highest BCUT2D eigenvalue weighted by Crippen LogP contribution is 2.38. The monoisotopic (exact) mass is 748 g/mol. The van der Waals surface area contributed by atoms with E-state index in [9.17, 15) is 19.0 Å². The number of hydrogen-bond donors (Lipinski definition) is 0. The summed E-state index contributed by atoms with van der Waals surface area (Å²) in [5.74, 6) is -0.824. The molecule has 10 heteroatoms. The number of phosphoric acid groups is 1. The lowest BCUT2D eigenvalue weighted by molar-refractivity contribution is -0.870. The molecule has 0 aliphatic rings. The van der Waals surface area contributed by atoms with Gasteiger partial charge in [0, 0.05) is 12.8 Å². The summed E-state index contributed by atoms with van der Waals surface area (Å²) in [6.07, 6.45) is 32.7. The summed E-state index contributed by atoms with van der Waals surface area (Å²) in [7, 11) is 1.18. The lowest BCUT2D eigenvalue weighted by Crippen LogP contribution is -2.37. The molecule has 51 heavy (non-hydrogen) atoms. The summed E-state index contributed by atoms with van der Waals surface area (Å²) in [5.41, 5.74) is 0. The van der Waals surface area contributed by atoms with Gasteiger partial charge in [0.2, 0.25) is 0 Å². The number of unbranched alkanes of at least 4 members (excludes halogenated alkanes) is 25. The minimum absolute atomic E-state index is 0.0259. The Labute approximate surface area is 314 Å². The van der Waals surface area contributed by atoms with Gasteiger partial charge in [-0.1, -0.05) is 174 Å². The van der Waals surface area contributed by atoms with Gasteiger partial charge in [-0.25, -0.2) is 0 Å². The number of hydrogen-bond acceptors (Lipinski definition) is 8. The molecule has 0 radical (unpaired) electrons. The molecule has 1 unspecified atom stereocenters. The summed E-state index contributed by atoms with van der Waals surface area (Å²) in [4.78, 5) is 37.4. The Morgan fingerprint density at radius 3 is 1.25 bits per heavy atom. The maximum absolute atomic E-state index is 12.6. The molecule has 0 aromatic rings. The molecule has 0 aliphatic heterocycles. The smallest absolute Gasteiger partial charge is 0.306 e. The van der Waals surface area contributed by atoms with Gasteiger partial charge in [-0.3, -0.25) is 14.2 Å². The highest BCUT2D eigenvalue weighted by Gasteiger charge is 2.21. The van der Waals surface area contributed by atoms with Crippen LogP contribution in [0.2, 0.25) is 0 Å². The number of esters is 2. The Bertz CT molecular complexity index is 850. The zero-order valence-electron chi connectivity index (χ0n) is 34.1. The Morgan fingerprint density at radius 1 is 0.529 bits per heavy atom. The fraction of sp³-hybridized carbons (Fsp3) is 0.951. The molecule has 0 spiro atoms. The van der Waals surface area contributed by atoms with Crippen LogP contribution in [0, 0.1) is 0 Å². The second-order valence-electron chi connectivity index (χ2n) is 15.7. The third-order valence-electron chi connectivity index (χ3n) is 9.38. The van der Waals surface area contributed by atoms with Crippen LogP contribution in [0.15, 0.2) is 0 Å². The van der Waals surface area contributed by atoms with Crippen LogP contribution in [-0.2, 0) is 32.7 Å². The molecule has 304 valence electrons. The molecule has 0 saturated carbocycles. The van der Waals surface area contributed by atoms with Crippen molar-refractivity contribution in [3.05, 3.63) is 0 Å². The van der Waals surface area contributed by atoms with E-state index in [1.807, 2.05) is 21.1 Å². The van der Waals surface area contributed by atoms with E-state index in [2.05, 4.69) is 13.8 Å². The van der Waals surface area contributed by atoms with Gasteiger partial charge in [-0.15, -0.1) is 0 Å². The highest BCUT2D eigenvalue weighted by atomic mass is 31.2. The summed E-state index contributed by atoms with van der Waals surface area (Å²) in [5, 5.41) is 0. The van der Waals surface area contributed by atoms with E-state index < -0.39 is 26.5 Å². The molecule has 0 aromatic carbocycles. The van der Waals surface area contributed by atoms with Gasteiger partial charge >= 0.3 is 11.9 Å². The van der Waals surface area contributed by atoms with Gasteiger partial charge < -0.3 is 27.9 Å². The maximum Gasteiger partial charge on any atom is 0.306 e. The first-order chi connectivity index (χ1) is 24.5. The van der Waals surface area contributed by atoms with Crippen LogP contribution in [0.25, 0.3) is 0 Å². The van der Waals surface area contributed by atoms with Gasteiger partial charge in [-0.05, 0) is 12.8 Å². The molecule has 2 atom stereocenters. The van der Waals surface area contributed by atoms with Crippen LogP contribution < -0.4 is 4.89 Å². The Balaban J connectivity index is 4.30. The predicted molar refractivity (Wildman–Crippen MR) is 208 cm³/mol. The molecule has 0 bridgehead atoms. The number of rotatable bonds is 39. The van der Waals surface area contributed by atoms with E-state index >= 15 is 0 Å². The van der Waals surface area contributed by atoms with Crippen molar-refractivity contribution in [3.63, 3.8) is 0 Å². The molecule has 0 aliphatic carbocycles. The van der Waals surface area contributed by atoms with Crippen LogP contribution in [0.3, 0.4) is 0 Å². The number of carbonyl (C=O) groups is 2. The van der Waals surface area contributed by atoms with Crippen LogP contribution in [0.4, 0.5) is 0 Å². The van der Waals surface area contributed by atoms with Gasteiger partial charge in [0.05, 0.1) is 27.7 Å². The normalized spacial score (nSPS) is 13.6. The van der Waals surface area contributed by atoms with Gasteiger partial charge in [0.15, 0.2) is 6.10 Å². The number of quaternary nitrogens is 1. The van der Waals surface area contributed by atoms with E-state index in [0.717, 1.165) is 32.1 Å². The average molecular weight is 748 g/mol. The zero-order valence-corrected chi connectivity index (χ0v) is 35.0. The number of nitrogens with zero attached hydrogens (tertiary/aromatic N) is 1. The third kappa shape index (κ3) is 38.5. The molecule has 0 saturated heterocycles. The number of phosphoric ester groups is 1. The second-order valence-corrected chi connectivity index (χ2v) is 17.1. The highest BCUT2D eigenvalue weighted by molar-refractivity contribution is 7.45. The van der Waals surface area contributed by atoms with Crippen LogP contribution >= 0.6 is 7.82 Å². The van der Waals surface area contributed by atoms with E-state index in [0.29, 0.717) is 17.4 Å². The molecule has 0 amide bonds. The summed E-state index contributed by atoms with van der Waals surface area (Å²) in [6, 6.07) is 0. The van der Waals surface area contributed by atoms with Gasteiger partial charge in [-0.2, -0.15) is 0 Å². The zero-order chi connectivity index (χ0) is 37.9. The van der Waals surface area contributed by atoms with Crippen molar-refractivity contribution in [3.8, 4) is 0 Å². The van der Waals surface area contributed by atoms with E-state index in [1.54, 1.807) is 0 Å². The predicted octanol–water partition coefficient (Wildman–Crippen LogP) is 11.0. The average Bonchev–Trinajstić information content (AvgIpc) is 3.07. The van der Waals surface area contributed by atoms with Crippen LogP contribution in [0.5, 0.6) is 0 Å². The Kier molecular flexibility index (Phi) is 34.1. The molecular weight excluding hydrogens is 665 g/mol. The SMILES string of the molecule is CCCCCCCCCCCCCCCCCCCC(=O)O[C@H](COC(=O)CCCCCCCCCCCC)COP(=O)([O-])OCC[N+](C)(C)C. The molecule has 0 rings (SSSR count).